The van der Waals surface area contributed by atoms with Crippen molar-refractivity contribution in [3.8, 4) is 5.75 Å². The van der Waals surface area contributed by atoms with Crippen molar-refractivity contribution >= 4 is 28.5 Å². The summed E-state index contributed by atoms with van der Waals surface area (Å²) in [7, 11) is 0. The molecule has 1 saturated heterocycles. The summed E-state index contributed by atoms with van der Waals surface area (Å²) in [4.78, 5) is 40.3. The van der Waals surface area contributed by atoms with Crippen LogP contribution in [0.3, 0.4) is 0 Å². The molecule has 1 aromatic carbocycles. The summed E-state index contributed by atoms with van der Waals surface area (Å²) in [5.41, 5.74) is 2.66. The summed E-state index contributed by atoms with van der Waals surface area (Å²) in [6.45, 7) is 9.48. The van der Waals surface area contributed by atoms with Crippen LogP contribution in [-0.4, -0.2) is 35.1 Å². The van der Waals surface area contributed by atoms with E-state index in [0.717, 1.165) is 17.7 Å². The third-order valence-electron chi connectivity index (χ3n) is 6.97. The van der Waals surface area contributed by atoms with Gasteiger partial charge in [0, 0.05) is 48.8 Å². The van der Waals surface area contributed by atoms with E-state index in [1.54, 1.807) is 31.2 Å². The second-order valence-electron chi connectivity index (χ2n) is 9.69. The minimum absolute atomic E-state index is 0.00761. The molecule has 2 aromatic heterocycles. The van der Waals surface area contributed by atoms with Crippen LogP contribution in [0.25, 0.3) is 11.0 Å². The maximum Gasteiger partial charge on any atom is 0.340 e. The van der Waals surface area contributed by atoms with E-state index in [1.807, 2.05) is 22.5 Å². The van der Waals surface area contributed by atoms with E-state index in [1.165, 1.54) is 0 Å². The van der Waals surface area contributed by atoms with Crippen molar-refractivity contribution in [2.24, 2.45) is 5.92 Å². The fourth-order valence-electron chi connectivity index (χ4n) is 5.27. The molecular formula is C27H27ClN2O5. The molecule has 0 saturated carbocycles. The number of rotatable bonds is 5. The maximum absolute atomic E-state index is 13.3. The first-order valence-electron chi connectivity index (χ1n) is 11.7. The Morgan fingerprint density at radius 3 is 2.80 bits per heavy atom. The number of aromatic nitrogens is 1. The highest BCUT2D eigenvalue weighted by atomic mass is 35.5. The number of piperidine rings is 1. The molecule has 3 aromatic rings. The number of nitrogens with zero attached hydrogens (tertiary/aromatic N) is 2. The molecule has 2 bridgehead atoms. The normalized spacial score (nSPS) is 18.9. The second kappa shape index (κ2) is 9.04. The minimum Gasteiger partial charge on any atom is -0.488 e. The highest BCUT2D eigenvalue weighted by Crippen LogP contribution is 2.36. The summed E-state index contributed by atoms with van der Waals surface area (Å²) in [6.07, 6.45) is 0.912. The SMILES string of the molecule is C=C(C)COc1cc2oc(=O)c(CC(=O)N3C[C@H]4C[C@@H](C3)c3cccc(=O)n3C4)c(C)c2cc1Cl. The molecule has 2 aliphatic heterocycles. The van der Waals surface area contributed by atoms with E-state index >= 15 is 0 Å². The van der Waals surface area contributed by atoms with Gasteiger partial charge in [-0.15, -0.1) is 0 Å². The number of hydrogen-bond donors (Lipinski definition) is 0. The quantitative estimate of drug-likeness (QED) is 0.394. The summed E-state index contributed by atoms with van der Waals surface area (Å²) in [5, 5.41) is 1.06. The van der Waals surface area contributed by atoms with Gasteiger partial charge < -0.3 is 18.6 Å². The smallest absolute Gasteiger partial charge is 0.340 e. The Morgan fingerprint density at radius 2 is 2.03 bits per heavy atom. The number of halogens is 1. The van der Waals surface area contributed by atoms with Gasteiger partial charge in [-0.2, -0.15) is 0 Å². The lowest BCUT2D eigenvalue weighted by Gasteiger charge is -2.42. The standard InChI is InChI=1S/C27H27ClN2O5/c1-15(2)14-34-24-10-23-19(8-21(24)28)16(3)20(27(33)35-23)9-26(32)29-11-17-7-18(13-29)22-5-4-6-25(31)30(22)12-17/h4-6,8,10,17-18H,1,7,9,11-14H2,2-3H3/t17-,18+/m1/s1. The van der Waals surface area contributed by atoms with Crippen LogP contribution in [0.4, 0.5) is 0 Å². The van der Waals surface area contributed by atoms with Gasteiger partial charge in [0.15, 0.2) is 0 Å². The number of benzene rings is 1. The monoisotopic (exact) mass is 494 g/mol. The third-order valence-corrected chi connectivity index (χ3v) is 7.27. The lowest BCUT2D eigenvalue weighted by molar-refractivity contribution is -0.133. The molecule has 1 fully saturated rings. The number of ether oxygens (including phenoxy) is 1. The van der Waals surface area contributed by atoms with E-state index < -0.39 is 5.63 Å². The van der Waals surface area contributed by atoms with E-state index in [4.69, 9.17) is 20.8 Å². The lowest BCUT2D eigenvalue weighted by Crippen LogP contribution is -2.49. The Balaban J connectivity index is 1.40. The molecule has 8 heteroatoms. The molecule has 4 heterocycles. The Morgan fingerprint density at radius 1 is 1.23 bits per heavy atom. The molecule has 2 aliphatic rings. The minimum atomic E-state index is -0.536. The van der Waals surface area contributed by atoms with Gasteiger partial charge in [-0.25, -0.2) is 4.79 Å². The fraction of sp³-hybridized carbons (Fsp3) is 0.370. The summed E-state index contributed by atoms with van der Waals surface area (Å²) in [5.74, 6) is 0.628. The Labute approximate surface area is 207 Å². The first kappa shape index (κ1) is 23.4. The Bertz CT molecular complexity index is 1470. The molecule has 0 aliphatic carbocycles. The molecule has 0 spiro atoms. The van der Waals surface area contributed by atoms with Gasteiger partial charge >= 0.3 is 5.63 Å². The van der Waals surface area contributed by atoms with Gasteiger partial charge in [0.25, 0.3) is 5.56 Å². The first-order valence-corrected chi connectivity index (χ1v) is 12.1. The predicted molar refractivity (Wildman–Crippen MR) is 134 cm³/mol. The van der Waals surface area contributed by atoms with Crippen LogP contribution < -0.4 is 15.9 Å². The lowest BCUT2D eigenvalue weighted by atomic mass is 9.83. The van der Waals surface area contributed by atoms with Crippen LogP contribution in [0.2, 0.25) is 5.02 Å². The third kappa shape index (κ3) is 4.41. The molecular weight excluding hydrogens is 468 g/mol. The van der Waals surface area contributed by atoms with Crippen LogP contribution in [0.5, 0.6) is 5.75 Å². The highest BCUT2D eigenvalue weighted by Gasteiger charge is 2.36. The van der Waals surface area contributed by atoms with Crippen LogP contribution in [-0.2, 0) is 17.8 Å². The number of amides is 1. The van der Waals surface area contributed by atoms with Gasteiger partial charge in [0.1, 0.15) is 17.9 Å². The summed E-state index contributed by atoms with van der Waals surface area (Å²) >= 11 is 6.41. The van der Waals surface area contributed by atoms with E-state index in [-0.39, 0.29) is 29.7 Å². The number of likely N-dealkylation sites (tertiary alicyclic amines) is 1. The van der Waals surface area contributed by atoms with Gasteiger partial charge in [0.05, 0.1) is 17.0 Å². The topological polar surface area (TPSA) is 81.8 Å². The predicted octanol–water partition coefficient (Wildman–Crippen LogP) is 4.06. The summed E-state index contributed by atoms with van der Waals surface area (Å²) in [6, 6.07) is 8.63. The van der Waals surface area contributed by atoms with Crippen LogP contribution in [0.1, 0.15) is 36.1 Å². The Kier molecular flexibility index (Phi) is 6.05. The molecule has 182 valence electrons. The van der Waals surface area contributed by atoms with Gasteiger partial charge in [-0.1, -0.05) is 24.2 Å². The molecule has 5 rings (SSSR count). The zero-order chi connectivity index (χ0) is 24.9. The van der Waals surface area contributed by atoms with Crippen molar-refractivity contribution in [3.63, 3.8) is 0 Å². The van der Waals surface area contributed by atoms with E-state index in [0.29, 0.717) is 59.1 Å². The number of fused-ring (bicyclic) bond motifs is 5. The van der Waals surface area contributed by atoms with Crippen LogP contribution >= 0.6 is 11.6 Å². The molecule has 0 N–H and O–H groups in total. The van der Waals surface area contributed by atoms with Gasteiger partial charge in [0.2, 0.25) is 5.91 Å². The van der Waals surface area contributed by atoms with E-state index in [9.17, 15) is 14.4 Å². The number of carbonyl (C=O) groups excluding carboxylic acids is 1. The molecule has 2 atom stereocenters. The molecule has 35 heavy (non-hydrogen) atoms. The Hall–Kier alpha value is -3.32. The number of pyridine rings is 1. The van der Waals surface area contributed by atoms with Crippen molar-refractivity contribution in [1.29, 1.82) is 0 Å². The fourth-order valence-corrected chi connectivity index (χ4v) is 5.49. The average Bonchev–Trinajstić information content (AvgIpc) is 2.81. The van der Waals surface area contributed by atoms with Crippen molar-refractivity contribution in [3.05, 3.63) is 85.1 Å². The average molecular weight is 495 g/mol. The highest BCUT2D eigenvalue weighted by molar-refractivity contribution is 6.32. The van der Waals surface area contributed by atoms with Gasteiger partial charge in [-0.3, -0.25) is 9.59 Å². The zero-order valence-corrected chi connectivity index (χ0v) is 20.6. The molecule has 7 nitrogen and oxygen atoms in total. The van der Waals surface area contributed by atoms with E-state index in [2.05, 4.69) is 6.58 Å². The van der Waals surface area contributed by atoms with Crippen LogP contribution in [0.15, 0.2) is 56.5 Å². The number of aryl methyl sites for hydroxylation is 1. The zero-order valence-electron chi connectivity index (χ0n) is 19.8. The van der Waals surface area contributed by atoms with Crippen molar-refractivity contribution in [1.82, 2.24) is 9.47 Å². The first-order chi connectivity index (χ1) is 16.7. The van der Waals surface area contributed by atoms with Gasteiger partial charge in [-0.05, 0) is 49.5 Å². The number of hydrogen-bond acceptors (Lipinski definition) is 5. The molecule has 1 amide bonds. The number of carbonyl (C=O) groups is 1. The largest absolute Gasteiger partial charge is 0.488 e. The van der Waals surface area contributed by atoms with Crippen molar-refractivity contribution < 1.29 is 13.9 Å². The summed E-state index contributed by atoms with van der Waals surface area (Å²) < 4.78 is 13.1. The second-order valence-corrected chi connectivity index (χ2v) is 10.1. The van der Waals surface area contributed by atoms with Crippen molar-refractivity contribution in [2.45, 2.75) is 39.2 Å². The van der Waals surface area contributed by atoms with Crippen molar-refractivity contribution in [2.75, 3.05) is 19.7 Å². The molecule has 0 unspecified atom stereocenters. The molecule has 0 radical (unpaired) electrons. The maximum atomic E-state index is 13.3. The van der Waals surface area contributed by atoms with Crippen LogP contribution in [0, 0.1) is 12.8 Å².